The molecule has 3 aromatic rings. The summed E-state index contributed by atoms with van der Waals surface area (Å²) in [5.41, 5.74) is 1.76. The van der Waals surface area contributed by atoms with Crippen LogP contribution in [-0.2, 0) is 0 Å². The summed E-state index contributed by atoms with van der Waals surface area (Å²) in [7, 11) is 0. The third kappa shape index (κ3) is 3.60. The van der Waals surface area contributed by atoms with Crippen LogP contribution in [0.2, 0.25) is 5.02 Å². The topological polar surface area (TPSA) is 62.7 Å². The molecule has 0 aliphatic carbocycles. The lowest BCUT2D eigenvalue weighted by Crippen LogP contribution is -2.06. The Hall–Kier alpha value is -2.73. The molecule has 0 saturated carbocycles. The number of halogens is 2. The fourth-order valence-corrected chi connectivity index (χ4v) is 2.37. The predicted octanol–water partition coefficient (Wildman–Crippen LogP) is 4.51. The molecule has 0 fully saturated rings. The van der Waals surface area contributed by atoms with Crippen LogP contribution in [0.25, 0.3) is 11.3 Å². The summed E-state index contributed by atoms with van der Waals surface area (Å²) in [6, 6.07) is 9.93. The highest BCUT2D eigenvalue weighted by atomic mass is 35.5. The van der Waals surface area contributed by atoms with Gasteiger partial charge in [-0.15, -0.1) is 0 Å². The van der Waals surface area contributed by atoms with Gasteiger partial charge in [-0.2, -0.15) is 4.98 Å². The van der Waals surface area contributed by atoms with Crippen molar-refractivity contribution in [3.63, 3.8) is 0 Å². The van der Waals surface area contributed by atoms with Crippen molar-refractivity contribution < 1.29 is 4.39 Å². The Balaban J connectivity index is 2.02. The SMILES string of the molecule is CCNc1nc(Nc2c(F)cccc2Cl)cc(-c2ccncc2)n1. The van der Waals surface area contributed by atoms with Crippen molar-refractivity contribution in [1.82, 2.24) is 15.0 Å². The number of hydrogen-bond acceptors (Lipinski definition) is 5. The minimum absolute atomic E-state index is 0.181. The second-order valence-electron chi connectivity index (χ2n) is 4.95. The largest absolute Gasteiger partial charge is 0.354 e. The maximum absolute atomic E-state index is 14.0. The first-order valence-electron chi connectivity index (χ1n) is 7.41. The number of para-hydroxylation sites is 1. The number of nitrogens with zero attached hydrogens (tertiary/aromatic N) is 3. The van der Waals surface area contributed by atoms with E-state index in [0.29, 0.717) is 24.0 Å². The van der Waals surface area contributed by atoms with Gasteiger partial charge in [0.15, 0.2) is 0 Å². The molecule has 0 atom stereocenters. The van der Waals surface area contributed by atoms with Crippen LogP contribution >= 0.6 is 11.6 Å². The van der Waals surface area contributed by atoms with Gasteiger partial charge in [-0.25, -0.2) is 9.37 Å². The van der Waals surface area contributed by atoms with Gasteiger partial charge in [-0.05, 0) is 31.2 Å². The van der Waals surface area contributed by atoms with Gasteiger partial charge in [0.05, 0.1) is 16.4 Å². The smallest absolute Gasteiger partial charge is 0.225 e. The van der Waals surface area contributed by atoms with E-state index in [-0.39, 0.29) is 10.7 Å². The van der Waals surface area contributed by atoms with Gasteiger partial charge in [-0.3, -0.25) is 4.98 Å². The molecule has 1 aromatic carbocycles. The van der Waals surface area contributed by atoms with E-state index >= 15 is 0 Å². The fraction of sp³-hybridized carbons (Fsp3) is 0.118. The van der Waals surface area contributed by atoms with Crippen molar-refractivity contribution in [1.29, 1.82) is 0 Å². The van der Waals surface area contributed by atoms with Crippen LogP contribution in [0.1, 0.15) is 6.92 Å². The third-order valence-electron chi connectivity index (χ3n) is 3.25. The monoisotopic (exact) mass is 343 g/mol. The lowest BCUT2D eigenvalue weighted by Gasteiger charge is -2.12. The Labute approximate surface area is 144 Å². The molecule has 0 saturated heterocycles. The van der Waals surface area contributed by atoms with E-state index in [4.69, 9.17) is 11.6 Å². The first-order valence-corrected chi connectivity index (χ1v) is 7.79. The van der Waals surface area contributed by atoms with E-state index in [0.717, 1.165) is 5.56 Å². The van der Waals surface area contributed by atoms with Crippen molar-refractivity contribution in [2.75, 3.05) is 17.2 Å². The molecule has 0 spiro atoms. The maximum atomic E-state index is 14.0. The van der Waals surface area contributed by atoms with Gasteiger partial charge in [0.1, 0.15) is 11.6 Å². The summed E-state index contributed by atoms with van der Waals surface area (Å²) in [6.07, 6.45) is 3.37. The Morgan fingerprint density at radius 3 is 2.62 bits per heavy atom. The van der Waals surface area contributed by atoms with Gasteiger partial charge in [0.2, 0.25) is 5.95 Å². The quantitative estimate of drug-likeness (QED) is 0.713. The molecule has 7 heteroatoms. The van der Waals surface area contributed by atoms with Crippen LogP contribution in [0, 0.1) is 5.82 Å². The molecule has 2 N–H and O–H groups in total. The van der Waals surface area contributed by atoms with Crippen LogP contribution in [0.3, 0.4) is 0 Å². The number of nitrogens with one attached hydrogen (secondary N) is 2. The van der Waals surface area contributed by atoms with Gasteiger partial charge in [0.25, 0.3) is 0 Å². The summed E-state index contributed by atoms with van der Waals surface area (Å²) in [5.74, 6) is 0.443. The average molecular weight is 344 g/mol. The van der Waals surface area contributed by atoms with Crippen molar-refractivity contribution in [2.24, 2.45) is 0 Å². The summed E-state index contributed by atoms with van der Waals surface area (Å²) < 4.78 is 14.0. The molecule has 0 unspecified atom stereocenters. The lowest BCUT2D eigenvalue weighted by molar-refractivity contribution is 0.632. The van der Waals surface area contributed by atoms with E-state index < -0.39 is 5.82 Å². The van der Waals surface area contributed by atoms with E-state index in [1.807, 2.05) is 19.1 Å². The highest BCUT2D eigenvalue weighted by Gasteiger charge is 2.11. The minimum Gasteiger partial charge on any atom is -0.354 e. The Kier molecular flexibility index (Phi) is 4.86. The van der Waals surface area contributed by atoms with E-state index in [1.165, 1.54) is 6.07 Å². The molecule has 5 nitrogen and oxygen atoms in total. The first-order chi connectivity index (χ1) is 11.7. The minimum atomic E-state index is -0.448. The van der Waals surface area contributed by atoms with Crippen molar-refractivity contribution in [3.8, 4) is 11.3 Å². The van der Waals surface area contributed by atoms with E-state index in [1.54, 1.807) is 30.6 Å². The highest BCUT2D eigenvalue weighted by molar-refractivity contribution is 6.33. The summed E-state index contributed by atoms with van der Waals surface area (Å²) in [6.45, 7) is 2.61. The number of aromatic nitrogens is 3. The number of rotatable bonds is 5. The molecule has 24 heavy (non-hydrogen) atoms. The zero-order chi connectivity index (χ0) is 16.9. The molecule has 122 valence electrons. The van der Waals surface area contributed by atoms with Crippen molar-refractivity contribution in [2.45, 2.75) is 6.92 Å². The number of hydrogen-bond donors (Lipinski definition) is 2. The predicted molar refractivity (Wildman–Crippen MR) is 94.1 cm³/mol. The van der Waals surface area contributed by atoms with Crippen molar-refractivity contribution >= 4 is 29.1 Å². The molecule has 2 heterocycles. The van der Waals surface area contributed by atoms with Gasteiger partial charge in [0, 0.05) is 30.6 Å². The second-order valence-corrected chi connectivity index (χ2v) is 5.36. The van der Waals surface area contributed by atoms with Crippen molar-refractivity contribution in [3.05, 3.63) is 59.6 Å². The summed E-state index contributed by atoms with van der Waals surface area (Å²) in [5, 5.41) is 6.29. The number of anilines is 3. The number of benzene rings is 1. The Morgan fingerprint density at radius 2 is 1.92 bits per heavy atom. The molecule has 0 radical (unpaired) electrons. The Morgan fingerprint density at radius 1 is 1.12 bits per heavy atom. The standard InChI is InChI=1S/C17H15ClFN5/c1-2-21-17-22-14(11-6-8-20-9-7-11)10-15(24-17)23-16-12(18)4-3-5-13(16)19/h3-10H,2H2,1H3,(H2,21,22,23,24). The molecular weight excluding hydrogens is 329 g/mol. The average Bonchev–Trinajstić information content (AvgIpc) is 2.59. The molecule has 0 bridgehead atoms. The zero-order valence-corrected chi connectivity index (χ0v) is 13.7. The van der Waals surface area contributed by atoms with Gasteiger partial charge in [-0.1, -0.05) is 17.7 Å². The molecule has 2 aromatic heterocycles. The fourth-order valence-electron chi connectivity index (χ4n) is 2.16. The Bertz CT molecular complexity index is 821. The van der Waals surface area contributed by atoms with Crippen LogP contribution in [-0.4, -0.2) is 21.5 Å². The van der Waals surface area contributed by atoms with Crippen LogP contribution < -0.4 is 10.6 Å². The van der Waals surface area contributed by atoms with Crippen LogP contribution in [0.5, 0.6) is 0 Å². The lowest BCUT2D eigenvalue weighted by atomic mass is 10.2. The normalized spacial score (nSPS) is 10.5. The molecule has 0 aliphatic heterocycles. The maximum Gasteiger partial charge on any atom is 0.225 e. The molecule has 3 rings (SSSR count). The van der Waals surface area contributed by atoms with Gasteiger partial charge < -0.3 is 10.6 Å². The molecule has 0 aliphatic rings. The van der Waals surface area contributed by atoms with Gasteiger partial charge >= 0.3 is 0 Å². The summed E-state index contributed by atoms with van der Waals surface area (Å²) in [4.78, 5) is 12.8. The zero-order valence-electron chi connectivity index (χ0n) is 12.9. The van der Waals surface area contributed by atoms with Crippen LogP contribution in [0.15, 0.2) is 48.8 Å². The third-order valence-corrected chi connectivity index (χ3v) is 3.57. The highest BCUT2D eigenvalue weighted by Crippen LogP contribution is 2.29. The van der Waals surface area contributed by atoms with E-state index in [2.05, 4.69) is 25.6 Å². The molecular formula is C17H15ClFN5. The first kappa shape index (κ1) is 16.1. The number of pyridine rings is 1. The second kappa shape index (κ2) is 7.23. The van der Waals surface area contributed by atoms with Crippen LogP contribution in [0.4, 0.5) is 21.8 Å². The molecule has 0 amide bonds. The van der Waals surface area contributed by atoms with E-state index in [9.17, 15) is 4.39 Å². The summed E-state index contributed by atoms with van der Waals surface area (Å²) >= 11 is 6.07.